The Morgan fingerprint density at radius 3 is 2.44 bits per heavy atom. The minimum atomic E-state index is -0.0113. The van der Waals surface area contributed by atoms with Crippen LogP contribution < -0.4 is 9.47 Å². The maximum absolute atomic E-state index is 12.9. The molecule has 1 aromatic carbocycles. The topological polar surface area (TPSA) is 51.7 Å². The van der Waals surface area contributed by atoms with Gasteiger partial charge in [0.1, 0.15) is 9.88 Å². The van der Waals surface area contributed by atoms with E-state index in [1.165, 1.54) is 21.1 Å². The third-order valence-electron chi connectivity index (χ3n) is 4.16. The van der Waals surface area contributed by atoms with Gasteiger partial charge in [-0.05, 0) is 44.2 Å². The fourth-order valence-corrected chi connectivity index (χ4v) is 4.74. The molecule has 0 atom stereocenters. The van der Waals surface area contributed by atoms with Crippen LogP contribution >= 0.6 is 22.7 Å². The van der Waals surface area contributed by atoms with Crippen LogP contribution in [-0.4, -0.2) is 37.1 Å². The zero-order chi connectivity index (χ0) is 19.6. The molecule has 2 aromatic heterocycles. The minimum absolute atomic E-state index is 0.0113. The molecule has 5 nitrogen and oxygen atoms in total. The summed E-state index contributed by atoms with van der Waals surface area (Å²) in [6, 6.07) is 9.79. The number of amides is 1. The summed E-state index contributed by atoms with van der Waals surface area (Å²) < 4.78 is 10.6. The van der Waals surface area contributed by atoms with Gasteiger partial charge in [0.2, 0.25) is 0 Å². The molecule has 0 fully saturated rings. The molecule has 0 spiro atoms. The van der Waals surface area contributed by atoms with Crippen LogP contribution in [-0.2, 0) is 6.54 Å². The number of benzene rings is 1. The van der Waals surface area contributed by atoms with Gasteiger partial charge in [0.15, 0.2) is 11.5 Å². The molecule has 142 valence electrons. The van der Waals surface area contributed by atoms with Gasteiger partial charge in [-0.15, -0.1) is 22.7 Å². The molecule has 2 heterocycles. The van der Waals surface area contributed by atoms with Crippen molar-refractivity contribution in [2.45, 2.75) is 20.4 Å². The molecule has 0 aliphatic heterocycles. The zero-order valence-electron chi connectivity index (χ0n) is 16.0. The van der Waals surface area contributed by atoms with E-state index in [-0.39, 0.29) is 5.91 Å². The van der Waals surface area contributed by atoms with Gasteiger partial charge in [0.25, 0.3) is 5.91 Å². The van der Waals surface area contributed by atoms with Crippen molar-refractivity contribution in [1.29, 1.82) is 0 Å². The quantitative estimate of drug-likeness (QED) is 0.595. The third kappa shape index (κ3) is 4.14. The standard InChI is InChI=1S/C20H22N2O3S2/c1-12-6-8-15(26-12)11-22(3)20(23)18-13(2)21-19(27-18)14-7-9-16(24-4)17(10-14)25-5/h6-10H,11H2,1-5H3. The van der Waals surface area contributed by atoms with Crippen LogP contribution in [0.25, 0.3) is 10.6 Å². The van der Waals surface area contributed by atoms with E-state index >= 15 is 0 Å². The van der Waals surface area contributed by atoms with Gasteiger partial charge in [-0.1, -0.05) is 0 Å². The molecule has 1 amide bonds. The molecule has 3 aromatic rings. The Morgan fingerprint density at radius 1 is 1.07 bits per heavy atom. The first-order valence-electron chi connectivity index (χ1n) is 8.43. The molecule has 0 unspecified atom stereocenters. The molecular weight excluding hydrogens is 380 g/mol. The molecule has 0 aliphatic carbocycles. The van der Waals surface area contributed by atoms with Crippen molar-refractivity contribution in [3.63, 3.8) is 0 Å². The number of rotatable bonds is 6. The Hall–Kier alpha value is -2.38. The predicted octanol–water partition coefficient (Wildman–Crippen LogP) is 4.78. The van der Waals surface area contributed by atoms with E-state index in [0.29, 0.717) is 22.9 Å². The maximum Gasteiger partial charge on any atom is 0.265 e. The number of carbonyl (C=O) groups excluding carboxylic acids is 1. The first-order valence-corrected chi connectivity index (χ1v) is 10.1. The van der Waals surface area contributed by atoms with Gasteiger partial charge >= 0.3 is 0 Å². The number of ether oxygens (including phenoxy) is 2. The molecule has 0 radical (unpaired) electrons. The SMILES string of the molecule is COc1ccc(-c2nc(C)c(C(=O)N(C)Cc3ccc(C)s3)s2)cc1OC. The van der Waals surface area contributed by atoms with Gasteiger partial charge in [0, 0.05) is 22.4 Å². The fraction of sp³-hybridized carbons (Fsp3) is 0.300. The highest BCUT2D eigenvalue weighted by Gasteiger charge is 2.20. The van der Waals surface area contributed by atoms with E-state index in [4.69, 9.17) is 9.47 Å². The van der Waals surface area contributed by atoms with Crippen LogP contribution in [0.15, 0.2) is 30.3 Å². The number of hydrogen-bond acceptors (Lipinski definition) is 6. The van der Waals surface area contributed by atoms with E-state index in [1.807, 2.05) is 32.2 Å². The van der Waals surface area contributed by atoms with Crippen molar-refractivity contribution in [2.75, 3.05) is 21.3 Å². The van der Waals surface area contributed by atoms with Crippen molar-refractivity contribution in [3.05, 3.63) is 50.7 Å². The maximum atomic E-state index is 12.9. The summed E-state index contributed by atoms with van der Waals surface area (Å²) in [4.78, 5) is 22.3. The largest absolute Gasteiger partial charge is 0.493 e. The first kappa shape index (κ1) is 19.4. The van der Waals surface area contributed by atoms with Crippen LogP contribution in [0.2, 0.25) is 0 Å². The van der Waals surface area contributed by atoms with E-state index in [9.17, 15) is 4.79 Å². The van der Waals surface area contributed by atoms with Crippen molar-refractivity contribution < 1.29 is 14.3 Å². The number of thiophene rings is 1. The first-order chi connectivity index (χ1) is 12.9. The summed E-state index contributed by atoms with van der Waals surface area (Å²) in [5.41, 5.74) is 1.64. The summed E-state index contributed by atoms with van der Waals surface area (Å²) in [5, 5.41) is 0.789. The minimum Gasteiger partial charge on any atom is -0.493 e. The number of nitrogens with zero attached hydrogens (tertiary/aromatic N) is 2. The number of hydrogen-bond donors (Lipinski definition) is 0. The number of aromatic nitrogens is 1. The lowest BCUT2D eigenvalue weighted by molar-refractivity contribution is 0.0790. The molecule has 0 N–H and O–H groups in total. The Balaban J connectivity index is 1.84. The average molecular weight is 403 g/mol. The molecule has 0 saturated carbocycles. The summed E-state index contributed by atoms with van der Waals surface area (Å²) in [7, 11) is 5.03. The van der Waals surface area contributed by atoms with Crippen molar-refractivity contribution in [3.8, 4) is 22.1 Å². The van der Waals surface area contributed by atoms with Gasteiger partial charge in [-0.3, -0.25) is 4.79 Å². The van der Waals surface area contributed by atoms with Gasteiger partial charge in [0.05, 0.1) is 26.5 Å². The van der Waals surface area contributed by atoms with Crippen LogP contribution in [0.1, 0.15) is 25.1 Å². The summed E-state index contributed by atoms with van der Waals surface area (Å²) >= 11 is 3.11. The smallest absolute Gasteiger partial charge is 0.265 e. The Kier molecular flexibility index (Phi) is 5.82. The Morgan fingerprint density at radius 2 is 1.81 bits per heavy atom. The monoisotopic (exact) mass is 402 g/mol. The fourth-order valence-electron chi connectivity index (χ4n) is 2.74. The number of thiazole rings is 1. The van der Waals surface area contributed by atoms with Crippen LogP contribution in [0, 0.1) is 13.8 Å². The highest BCUT2D eigenvalue weighted by molar-refractivity contribution is 7.17. The lowest BCUT2D eigenvalue weighted by atomic mass is 10.2. The molecule has 0 aliphatic rings. The van der Waals surface area contributed by atoms with Gasteiger partial charge < -0.3 is 14.4 Å². The van der Waals surface area contributed by atoms with Crippen LogP contribution in [0.3, 0.4) is 0 Å². The molecule has 0 bridgehead atoms. The highest BCUT2D eigenvalue weighted by Crippen LogP contribution is 2.35. The summed E-state index contributed by atoms with van der Waals surface area (Å²) in [6.45, 7) is 4.54. The predicted molar refractivity (Wildman–Crippen MR) is 110 cm³/mol. The van der Waals surface area contributed by atoms with E-state index < -0.39 is 0 Å². The number of aryl methyl sites for hydroxylation is 2. The molecular formula is C20H22N2O3S2. The van der Waals surface area contributed by atoms with Crippen LogP contribution in [0.4, 0.5) is 0 Å². The van der Waals surface area contributed by atoms with E-state index in [2.05, 4.69) is 24.0 Å². The van der Waals surface area contributed by atoms with E-state index in [0.717, 1.165) is 16.3 Å². The lowest BCUT2D eigenvalue weighted by Gasteiger charge is -2.15. The van der Waals surface area contributed by atoms with Gasteiger partial charge in [-0.2, -0.15) is 0 Å². The normalized spacial score (nSPS) is 10.7. The molecule has 27 heavy (non-hydrogen) atoms. The summed E-state index contributed by atoms with van der Waals surface area (Å²) in [6.07, 6.45) is 0. The van der Waals surface area contributed by atoms with Crippen molar-refractivity contribution >= 4 is 28.6 Å². The molecule has 3 rings (SSSR count). The average Bonchev–Trinajstić information content (AvgIpc) is 3.25. The second-order valence-electron chi connectivity index (χ2n) is 6.18. The zero-order valence-corrected chi connectivity index (χ0v) is 17.7. The Bertz CT molecular complexity index is 962. The van der Waals surface area contributed by atoms with E-state index in [1.54, 1.807) is 30.5 Å². The summed E-state index contributed by atoms with van der Waals surface area (Å²) in [5.74, 6) is 1.29. The molecule has 7 heteroatoms. The number of carbonyl (C=O) groups is 1. The second-order valence-corrected chi connectivity index (χ2v) is 8.55. The highest BCUT2D eigenvalue weighted by atomic mass is 32.1. The second kappa shape index (κ2) is 8.10. The van der Waals surface area contributed by atoms with Gasteiger partial charge in [-0.25, -0.2) is 4.98 Å². The van der Waals surface area contributed by atoms with Crippen molar-refractivity contribution in [1.82, 2.24) is 9.88 Å². The lowest BCUT2D eigenvalue weighted by Crippen LogP contribution is -2.25. The van der Waals surface area contributed by atoms with Crippen molar-refractivity contribution in [2.24, 2.45) is 0 Å². The molecule has 0 saturated heterocycles. The third-order valence-corrected chi connectivity index (χ3v) is 6.34. The van der Waals surface area contributed by atoms with Crippen LogP contribution in [0.5, 0.6) is 11.5 Å². The number of methoxy groups -OCH3 is 2. The Labute approximate surface area is 167 Å².